The van der Waals surface area contributed by atoms with Gasteiger partial charge in [0.1, 0.15) is 0 Å². The molecular weight excluding hydrogens is 613 g/mol. The molecule has 5 aliphatic heterocycles. The Morgan fingerprint density at radius 1 is 0.360 bits per heavy atom. The molecule has 8 bridgehead atoms. The molecule has 5 heteroatoms. The Morgan fingerprint density at radius 2 is 0.700 bits per heavy atom. The first-order valence-electron chi connectivity index (χ1n) is 16.7. The fourth-order valence-electron chi connectivity index (χ4n) is 6.95. The lowest BCUT2D eigenvalue weighted by Crippen LogP contribution is -2.08. The summed E-state index contributed by atoms with van der Waals surface area (Å²) < 4.78 is 0. The highest BCUT2D eigenvalue weighted by molar-refractivity contribution is 6.40. The summed E-state index contributed by atoms with van der Waals surface area (Å²) in [4.78, 5) is 21.2. The Morgan fingerprint density at radius 3 is 1.08 bits per heavy atom. The predicted molar refractivity (Wildman–Crippen MR) is 206 cm³/mol. The van der Waals surface area contributed by atoms with Crippen LogP contribution in [0.15, 0.2) is 212 Å². The number of rotatable bonds is 5. The number of hydrogen-bond donors (Lipinski definition) is 1. The first kappa shape index (κ1) is 29.6. The topological polar surface area (TPSA) is 69.7 Å². The van der Waals surface area contributed by atoms with Gasteiger partial charge in [0.2, 0.25) is 0 Å². The Labute approximate surface area is 290 Å². The van der Waals surface area contributed by atoms with E-state index in [4.69, 9.17) is 20.0 Å². The first-order chi connectivity index (χ1) is 24.7. The normalized spacial score (nSPS) is 17.8. The number of allylic oxidation sites excluding steroid dienone is 11. The molecule has 0 atom stereocenters. The molecule has 0 aromatic heterocycles. The van der Waals surface area contributed by atoms with Crippen molar-refractivity contribution in [3.63, 3.8) is 0 Å². The zero-order valence-corrected chi connectivity index (χ0v) is 27.0. The van der Waals surface area contributed by atoms with Crippen molar-refractivity contribution in [1.82, 2.24) is 0 Å². The lowest BCUT2D eigenvalue weighted by atomic mass is 9.94. The largest absolute Gasteiger partial charge is 0.392 e. The molecule has 236 valence electrons. The van der Waals surface area contributed by atoms with Crippen LogP contribution in [0, 0.1) is 0 Å². The molecule has 0 spiro atoms. The summed E-state index contributed by atoms with van der Waals surface area (Å²) in [5.41, 5.74) is 14.6. The molecular formula is C45H30N4O. The zero-order valence-electron chi connectivity index (χ0n) is 27.0. The Kier molecular flexibility index (Phi) is 7.38. The average molecular weight is 643 g/mol. The van der Waals surface area contributed by atoms with Crippen LogP contribution in [0.3, 0.4) is 0 Å². The molecule has 50 heavy (non-hydrogen) atoms. The Bertz CT molecular complexity index is 2370. The molecule has 4 aromatic carbocycles. The van der Waals surface area contributed by atoms with Crippen molar-refractivity contribution in [3.05, 3.63) is 214 Å². The van der Waals surface area contributed by atoms with Crippen LogP contribution in [0.5, 0.6) is 0 Å². The van der Waals surface area contributed by atoms with E-state index in [0.29, 0.717) is 5.71 Å². The second-order valence-corrected chi connectivity index (χ2v) is 12.3. The monoisotopic (exact) mass is 642 g/mol. The van der Waals surface area contributed by atoms with Crippen LogP contribution in [0.2, 0.25) is 0 Å². The van der Waals surface area contributed by atoms with E-state index in [1.807, 2.05) is 84.9 Å². The van der Waals surface area contributed by atoms with E-state index in [1.54, 1.807) is 0 Å². The number of benzene rings is 4. The molecule has 0 aliphatic carbocycles. The van der Waals surface area contributed by atoms with Crippen molar-refractivity contribution in [1.29, 1.82) is 0 Å². The standard InChI is InChI=1S/C45H30N4O/c50-28-33-27-40-43(31-17-9-3-10-18-31)38-24-23-36(47-38)41(29-13-5-1-6-14-29)34-21-22-35(46-34)42(30-15-7-2-8-16-30)37-25-26-39(48-37)44(45(33)49-40)32-19-11-4-12-20-32/h1-27,50H,28H2. The highest BCUT2D eigenvalue weighted by atomic mass is 16.3. The molecule has 1 N–H and O–H groups in total. The van der Waals surface area contributed by atoms with Crippen molar-refractivity contribution in [2.24, 2.45) is 20.0 Å². The van der Waals surface area contributed by atoms with E-state index < -0.39 is 0 Å². The van der Waals surface area contributed by atoms with Crippen molar-refractivity contribution in [2.75, 3.05) is 6.61 Å². The third-order valence-electron chi connectivity index (χ3n) is 9.22. The third-order valence-corrected chi connectivity index (χ3v) is 9.22. The molecule has 0 unspecified atom stereocenters. The molecule has 0 fully saturated rings. The number of fused-ring (bicyclic) bond motifs is 4. The van der Waals surface area contributed by atoms with Gasteiger partial charge in [-0.1, -0.05) is 121 Å². The Hall–Kier alpha value is -6.56. The van der Waals surface area contributed by atoms with Crippen LogP contribution in [-0.4, -0.2) is 34.6 Å². The molecule has 5 aliphatic rings. The molecule has 0 saturated carbocycles. The van der Waals surface area contributed by atoms with Crippen LogP contribution in [0.4, 0.5) is 0 Å². The van der Waals surface area contributed by atoms with Crippen LogP contribution in [-0.2, 0) is 0 Å². The quantitative estimate of drug-likeness (QED) is 0.232. The van der Waals surface area contributed by atoms with Crippen molar-refractivity contribution in [3.8, 4) is 0 Å². The summed E-state index contributed by atoms with van der Waals surface area (Å²) in [6, 6.07) is 41.0. The van der Waals surface area contributed by atoms with E-state index in [0.717, 1.165) is 90.0 Å². The van der Waals surface area contributed by atoms with Gasteiger partial charge in [-0.25, -0.2) is 20.0 Å². The van der Waals surface area contributed by atoms with Crippen molar-refractivity contribution in [2.45, 2.75) is 0 Å². The second kappa shape index (κ2) is 12.5. The highest BCUT2D eigenvalue weighted by Crippen LogP contribution is 2.39. The highest BCUT2D eigenvalue weighted by Gasteiger charge is 2.29. The molecule has 0 radical (unpaired) electrons. The number of hydrogen-bond acceptors (Lipinski definition) is 5. The smallest absolute Gasteiger partial charge is 0.0793 e. The molecule has 0 amide bonds. The first-order valence-corrected chi connectivity index (χ1v) is 16.7. The summed E-state index contributed by atoms with van der Waals surface area (Å²) in [6.07, 6.45) is 14.4. The number of aliphatic imine (C=N–C) groups is 4. The molecule has 5 heterocycles. The summed E-state index contributed by atoms with van der Waals surface area (Å²) >= 11 is 0. The summed E-state index contributed by atoms with van der Waals surface area (Å²) in [5.74, 6) is 0. The predicted octanol–water partition coefficient (Wildman–Crippen LogP) is 9.05. The van der Waals surface area contributed by atoms with Gasteiger partial charge in [0, 0.05) is 27.9 Å². The second-order valence-electron chi connectivity index (χ2n) is 12.3. The lowest BCUT2D eigenvalue weighted by molar-refractivity contribution is 0.337. The van der Waals surface area contributed by atoms with E-state index in [1.165, 1.54) is 0 Å². The summed E-state index contributed by atoms with van der Waals surface area (Å²) in [7, 11) is 0. The summed E-state index contributed by atoms with van der Waals surface area (Å²) in [5, 5.41) is 10.8. The van der Waals surface area contributed by atoms with E-state index in [9.17, 15) is 5.11 Å². The van der Waals surface area contributed by atoms with E-state index >= 15 is 0 Å². The van der Waals surface area contributed by atoms with Crippen LogP contribution in [0.1, 0.15) is 22.3 Å². The minimum absolute atomic E-state index is 0.179. The minimum atomic E-state index is -0.179. The van der Waals surface area contributed by atoms with E-state index in [-0.39, 0.29) is 6.61 Å². The lowest BCUT2D eigenvalue weighted by Gasteiger charge is -2.13. The van der Waals surface area contributed by atoms with Gasteiger partial charge in [-0.3, -0.25) is 0 Å². The number of aliphatic hydroxyl groups is 1. The minimum Gasteiger partial charge on any atom is -0.392 e. The van der Waals surface area contributed by atoms with Crippen LogP contribution >= 0.6 is 0 Å². The fourth-order valence-corrected chi connectivity index (χ4v) is 6.95. The molecule has 0 saturated heterocycles. The fraction of sp³-hybridized carbons (Fsp3) is 0.0222. The maximum absolute atomic E-state index is 10.8. The summed E-state index contributed by atoms with van der Waals surface area (Å²) in [6.45, 7) is -0.179. The van der Waals surface area contributed by atoms with Gasteiger partial charge in [-0.05, 0) is 64.8 Å². The zero-order chi connectivity index (χ0) is 33.4. The van der Waals surface area contributed by atoms with Crippen LogP contribution in [0.25, 0.3) is 22.3 Å². The molecule has 5 nitrogen and oxygen atoms in total. The number of aliphatic hydroxyl groups excluding tert-OH is 1. The van der Waals surface area contributed by atoms with Crippen LogP contribution < -0.4 is 0 Å². The van der Waals surface area contributed by atoms with Gasteiger partial charge >= 0.3 is 0 Å². The SMILES string of the molecule is OCC1=CC2=C(c3ccccc3)C3=NC(=C(c4ccccc4)C4=NC(=C(c5ccccc5)C5=NC(=C(c6ccccc6)C1=N2)C=C5)C=C4)C=C3. The molecule has 4 aromatic rings. The molecule has 9 rings (SSSR count). The van der Waals surface area contributed by atoms with Gasteiger partial charge in [-0.2, -0.15) is 0 Å². The van der Waals surface area contributed by atoms with E-state index in [2.05, 4.69) is 78.9 Å². The maximum Gasteiger partial charge on any atom is 0.0793 e. The third kappa shape index (κ3) is 5.17. The Balaban J connectivity index is 1.40. The van der Waals surface area contributed by atoms with Gasteiger partial charge < -0.3 is 5.11 Å². The van der Waals surface area contributed by atoms with Gasteiger partial charge in [0.25, 0.3) is 0 Å². The van der Waals surface area contributed by atoms with Crippen molar-refractivity contribution < 1.29 is 5.11 Å². The average Bonchev–Trinajstić information content (AvgIpc) is 4.00. The van der Waals surface area contributed by atoms with Gasteiger partial charge in [-0.15, -0.1) is 0 Å². The van der Waals surface area contributed by atoms with Crippen molar-refractivity contribution >= 4 is 45.1 Å². The van der Waals surface area contributed by atoms with Gasteiger partial charge in [0.05, 0.1) is 52.2 Å². The maximum atomic E-state index is 10.8. The number of nitrogens with zero attached hydrogens (tertiary/aromatic N) is 4. The van der Waals surface area contributed by atoms with Gasteiger partial charge in [0.15, 0.2) is 0 Å².